The second kappa shape index (κ2) is 5.27. The molecule has 1 saturated carbocycles. The Morgan fingerprint density at radius 2 is 2.06 bits per heavy atom. The van der Waals surface area contributed by atoms with Crippen LogP contribution in [-0.4, -0.2) is 12.1 Å². The van der Waals surface area contributed by atoms with E-state index in [1.807, 2.05) is 6.07 Å². The average Bonchev–Trinajstić information content (AvgIpc) is 2.37. The maximum Gasteiger partial charge on any atom is 0.146 e. The number of para-hydroxylation sites is 1. The molecule has 1 aliphatic rings. The van der Waals surface area contributed by atoms with E-state index < -0.39 is 0 Å². The van der Waals surface area contributed by atoms with Crippen LogP contribution in [-0.2, 0) is 0 Å². The molecule has 3 atom stereocenters. The maximum absolute atomic E-state index is 13.7. The first kappa shape index (κ1) is 13.3. The number of rotatable bonds is 3. The van der Waals surface area contributed by atoms with Crippen molar-refractivity contribution in [3.05, 3.63) is 30.1 Å². The molecular formula is C15H23FN2. The van der Waals surface area contributed by atoms with Crippen LogP contribution < -0.4 is 11.1 Å². The molecule has 2 nitrogen and oxygen atoms in total. The van der Waals surface area contributed by atoms with Crippen molar-refractivity contribution in [1.82, 2.24) is 0 Å². The smallest absolute Gasteiger partial charge is 0.146 e. The van der Waals surface area contributed by atoms with E-state index in [0.29, 0.717) is 18.2 Å². The molecule has 1 aliphatic carbocycles. The number of hydrogen-bond donors (Lipinski definition) is 2. The van der Waals surface area contributed by atoms with Gasteiger partial charge in [-0.1, -0.05) is 26.0 Å². The Morgan fingerprint density at radius 3 is 2.67 bits per heavy atom. The van der Waals surface area contributed by atoms with Crippen LogP contribution in [0, 0.1) is 17.7 Å². The lowest BCUT2D eigenvalue weighted by Gasteiger charge is -2.43. The van der Waals surface area contributed by atoms with Crippen LogP contribution in [0.25, 0.3) is 0 Å². The minimum absolute atomic E-state index is 0.145. The molecule has 0 spiro atoms. The van der Waals surface area contributed by atoms with Crippen molar-refractivity contribution in [3.63, 3.8) is 0 Å². The molecule has 0 amide bonds. The summed E-state index contributed by atoms with van der Waals surface area (Å²) in [4.78, 5) is 0. The molecule has 2 rings (SSSR count). The number of halogens is 1. The van der Waals surface area contributed by atoms with Gasteiger partial charge in [-0.05, 0) is 43.2 Å². The summed E-state index contributed by atoms with van der Waals surface area (Å²) < 4.78 is 13.7. The van der Waals surface area contributed by atoms with E-state index in [2.05, 4.69) is 19.2 Å². The van der Waals surface area contributed by atoms with Gasteiger partial charge in [0.1, 0.15) is 5.82 Å². The molecule has 3 heteroatoms. The van der Waals surface area contributed by atoms with Gasteiger partial charge in [-0.3, -0.25) is 0 Å². The van der Waals surface area contributed by atoms with E-state index in [9.17, 15) is 4.39 Å². The van der Waals surface area contributed by atoms with Gasteiger partial charge in [-0.15, -0.1) is 0 Å². The third-order valence-electron chi connectivity index (χ3n) is 4.43. The van der Waals surface area contributed by atoms with Gasteiger partial charge in [0.2, 0.25) is 0 Å². The van der Waals surface area contributed by atoms with Crippen LogP contribution in [0.2, 0.25) is 0 Å². The van der Waals surface area contributed by atoms with Gasteiger partial charge in [0, 0.05) is 12.1 Å². The zero-order chi connectivity index (χ0) is 13.2. The molecule has 0 aromatic heterocycles. The number of nitrogens with one attached hydrogen (secondary N) is 1. The van der Waals surface area contributed by atoms with Gasteiger partial charge in [0.25, 0.3) is 0 Å². The van der Waals surface area contributed by atoms with Crippen LogP contribution >= 0.6 is 0 Å². The predicted molar refractivity (Wildman–Crippen MR) is 74.0 cm³/mol. The molecule has 3 N–H and O–H groups in total. The van der Waals surface area contributed by atoms with Gasteiger partial charge in [0.05, 0.1) is 5.69 Å². The van der Waals surface area contributed by atoms with Crippen molar-refractivity contribution in [2.45, 2.75) is 38.6 Å². The van der Waals surface area contributed by atoms with Crippen molar-refractivity contribution in [1.29, 1.82) is 0 Å². The number of benzene rings is 1. The molecule has 1 fully saturated rings. The molecule has 3 unspecified atom stereocenters. The van der Waals surface area contributed by atoms with Crippen LogP contribution in [0.15, 0.2) is 24.3 Å². The number of hydrogen-bond acceptors (Lipinski definition) is 2. The topological polar surface area (TPSA) is 38.0 Å². The summed E-state index contributed by atoms with van der Waals surface area (Å²) in [5, 5.41) is 3.36. The second-order valence-electron chi connectivity index (χ2n) is 5.79. The van der Waals surface area contributed by atoms with Crippen LogP contribution in [0.5, 0.6) is 0 Å². The number of anilines is 1. The average molecular weight is 250 g/mol. The Bertz CT molecular complexity index is 407. The summed E-state index contributed by atoms with van der Waals surface area (Å²) in [6.07, 6.45) is 3.18. The molecule has 0 radical (unpaired) electrons. The normalized spacial score (nSPS) is 32.2. The number of nitrogens with two attached hydrogens (primary N) is 1. The summed E-state index contributed by atoms with van der Waals surface area (Å²) in [6, 6.07) is 6.84. The highest BCUT2D eigenvalue weighted by molar-refractivity contribution is 5.47. The standard InChI is InChI=1S/C15H23FN2/c1-11-7-8-15(10-17,9-12(11)2)18-14-6-4-3-5-13(14)16/h3-6,11-12,18H,7-10,17H2,1-2H3. The highest BCUT2D eigenvalue weighted by Gasteiger charge is 2.36. The van der Waals surface area contributed by atoms with E-state index in [-0.39, 0.29) is 11.4 Å². The molecular weight excluding hydrogens is 227 g/mol. The third kappa shape index (κ3) is 2.66. The molecule has 1 aromatic rings. The molecule has 1 aromatic carbocycles. The van der Waals surface area contributed by atoms with Crippen molar-refractivity contribution in [3.8, 4) is 0 Å². The Hall–Kier alpha value is -1.09. The summed E-state index contributed by atoms with van der Waals surface area (Å²) in [5.74, 6) is 1.16. The first-order valence-electron chi connectivity index (χ1n) is 6.79. The first-order chi connectivity index (χ1) is 8.56. The van der Waals surface area contributed by atoms with Gasteiger partial charge in [-0.25, -0.2) is 4.39 Å². The molecule has 0 bridgehead atoms. The van der Waals surface area contributed by atoms with Gasteiger partial charge < -0.3 is 11.1 Å². The maximum atomic E-state index is 13.7. The van der Waals surface area contributed by atoms with Crippen LogP contribution in [0.4, 0.5) is 10.1 Å². The minimum Gasteiger partial charge on any atom is -0.376 e. The zero-order valence-electron chi connectivity index (χ0n) is 11.2. The summed E-state index contributed by atoms with van der Waals surface area (Å²) in [6.45, 7) is 5.10. The fraction of sp³-hybridized carbons (Fsp3) is 0.600. The van der Waals surface area contributed by atoms with Crippen molar-refractivity contribution in [2.75, 3.05) is 11.9 Å². The lowest BCUT2D eigenvalue weighted by molar-refractivity contribution is 0.196. The first-order valence-corrected chi connectivity index (χ1v) is 6.79. The summed E-state index contributed by atoms with van der Waals surface area (Å²) in [5.41, 5.74) is 6.39. The summed E-state index contributed by atoms with van der Waals surface area (Å²) in [7, 11) is 0. The van der Waals surface area contributed by atoms with E-state index in [1.54, 1.807) is 12.1 Å². The third-order valence-corrected chi connectivity index (χ3v) is 4.43. The zero-order valence-corrected chi connectivity index (χ0v) is 11.2. The molecule has 0 saturated heterocycles. The lowest BCUT2D eigenvalue weighted by Crippen LogP contribution is -2.50. The fourth-order valence-corrected chi connectivity index (χ4v) is 2.91. The van der Waals surface area contributed by atoms with Crippen molar-refractivity contribution >= 4 is 5.69 Å². The van der Waals surface area contributed by atoms with Crippen molar-refractivity contribution in [2.24, 2.45) is 17.6 Å². The van der Waals surface area contributed by atoms with E-state index in [4.69, 9.17) is 5.73 Å². The van der Waals surface area contributed by atoms with Gasteiger partial charge in [-0.2, -0.15) is 0 Å². The fourth-order valence-electron chi connectivity index (χ4n) is 2.91. The summed E-state index contributed by atoms with van der Waals surface area (Å²) >= 11 is 0. The quantitative estimate of drug-likeness (QED) is 0.863. The van der Waals surface area contributed by atoms with Crippen LogP contribution in [0.1, 0.15) is 33.1 Å². The van der Waals surface area contributed by atoms with Gasteiger partial charge in [0.15, 0.2) is 0 Å². The SMILES string of the molecule is CC1CCC(CN)(Nc2ccccc2F)CC1C. The highest BCUT2D eigenvalue weighted by Crippen LogP contribution is 2.38. The molecule has 100 valence electrons. The molecule has 0 heterocycles. The molecule has 0 aliphatic heterocycles. The van der Waals surface area contributed by atoms with E-state index >= 15 is 0 Å². The lowest BCUT2D eigenvalue weighted by atomic mass is 9.71. The largest absolute Gasteiger partial charge is 0.376 e. The molecule has 18 heavy (non-hydrogen) atoms. The van der Waals surface area contributed by atoms with Gasteiger partial charge >= 0.3 is 0 Å². The predicted octanol–water partition coefficient (Wildman–Crippen LogP) is 3.39. The minimum atomic E-state index is -0.198. The second-order valence-corrected chi connectivity index (χ2v) is 5.79. The Kier molecular flexibility index (Phi) is 3.91. The monoisotopic (exact) mass is 250 g/mol. The highest BCUT2D eigenvalue weighted by atomic mass is 19.1. The Morgan fingerprint density at radius 1 is 1.33 bits per heavy atom. The Labute approximate surface area is 109 Å². The van der Waals surface area contributed by atoms with E-state index in [0.717, 1.165) is 25.2 Å². The van der Waals surface area contributed by atoms with Crippen molar-refractivity contribution < 1.29 is 4.39 Å². The van der Waals surface area contributed by atoms with Crippen LogP contribution in [0.3, 0.4) is 0 Å². The van der Waals surface area contributed by atoms with E-state index in [1.165, 1.54) is 6.07 Å². The Balaban J connectivity index is 2.16.